The fourth-order valence-electron chi connectivity index (χ4n) is 4.57. The van der Waals surface area contributed by atoms with Crippen molar-refractivity contribution in [2.24, 2.45) is 11.8 Å². The molecule has 1 aromatic heterocycles. The predicted molar refractivity (Wildman–Crippen MR) is 109 cm³/mol. The first-order valence-corrected chi connectivity index (χ1v) is 10.5. The van der Waals surface area contributed by atoms with Crippen LogP contribution in [0, 0.1) is 11.8 Å². The van der Waals surface area contributed by atoms with Gasteiger partial charge in [-0.1, -0.05) is 45.0 Å². The third-order valence-corrected chi connectivity index (χ3v) is 6.82. The zero-order valence-corrected chi connectivity index (χ0v) is 17.1. The molecule has 0 aliphatic carbocycles. The molecule has 1 saturated heterocycles. The molecule has 4 rings (SSSR count). The second-order valence-corrected chi connectivity index (χ2v) is 8.84. The summed E-state index contributed by atoms with van der Waals surface area (Å²) < 4.78 is 17.7. The molecule has 1 unspecified atom stereocenters. The Balaban J connectivity index is 1.39. The normalized spacial score (nSPS) is 21.5. The molecule has 0 bridgehead atoms. The Morgan fingerprint density at radius 1 is 1.25 bits per heavy atom. The van der Waals surface area contributed by atoms with E-state index < -0.39 is 5.67 Å². The van der Waals surface area contributed by atoms with Crippen molar-refractivity contribution in [3.8, 4) is 11.3 Å². The number of halogens is 1. The van der Waals surface area contributed by atoms with E-state index in [1.807, 2.05) is 30.4 Å². The maximum absolute atomic E-state index is 15.5. The van der Waals surface area contributed by atoms with Gasteiger partial charge in [0.15, 0.2) is 0 Å². The lowest BCUT2D eigenvalue weighted by molar-refractivity contribution is -0.139. The SMILES string of the molecule is CC(C)[C@H](C)C(=O)N1CCC(F)(CCC2c3ccccc3-c3cncn32)CC1. The fraction of sp³-hybridized carbons (Fsp3) is 0.565. The Bertz CT molecular complexity index is 851. The van der Waals surface area contributed by atoms with Gasteiger partial charge < -0.3 is 9.47 Å². The van der Waals surface area contributed by atoms with Crippen LogP contribution in [0.3, 0.4) is 0 Å². The lowest BCUT2D eigenvalue weighted by Gasteiger charge is -2.38. The van der Waals surface area contributed by atoms with E-state index in [4.69, 9.17) is 0 Å². The number of piperidine rings is 1. The van der Waals surface area contributed by atoms with Gasteiger partial charge in [-0.3, -0.25) is 4.79 Å². The lowest BCUT2D eigenvalue weighted by atomic mass is 9.85. The number of carbonyl (C=O) groups excluding carboxylic acids is 1. The highest BCUT2D eigenvalue weighted by atomic mass is 19.1. The van der Waals surface area contributed by atoms with Gasteiger partial charge in [-0.25, -0.2) is 9.37 Å². The number of benzene rings is 1. The summed E-state index contributed by atoms with van der Waals surface area (Å²) in [6.07, 6.45) is 5.91. The van der Waals surface area contributed by atoms with E-state index in [1.165, 1.54) is 11.1 Å². The number of alkyl halides is 1. The van der Waals surface area contributed by atoms with Crippen LogP contribution in [0.25, 0.3) is 11.3 Å². The van der Waals surface area contributed by atoms with Crippen LogP contribution >= 0.6 is 0 Å². The highest BCUT2D eigenvalue weighted by Crippen LogP contribution is 2.43. The van der Waals surface area contributed by atoms with Gasteiger partial charge in [0, 0.05) is 24.6 Å². The number of rotatable bonds is 5. The van der Waals surface area contributed by atoms with E-state index in [0.29, 0.717) is 38.3 Å². The quantitative estimate of drug-likeness (QED) is 0.740. The molecule has 1 amide bonds. The molecule has 2 atom stereocenters. The minimum atomic E-state index is -1.18. The number of hydrogen-bond donors (Lipinski definition) is 0. The number of hydrogen-bond acceptors (Lipinski definition) is 2. The molecule has 2 aliphatic heterocycles. The maximum Gasteiger partial charge on any atom is 0.225 e. The summed E-state index contributed by atoms with van der Waals surface area (Å²) in [5.41, 5.74) is 2.41. The third-order valence-electron chi connectivity index (χ3n) is 6.82. The van der Waals surface area contributed by atoms with Gasteiger partial charge in [0.25, 0.3) is 0 Å². The molecule has 2 aromatic rings. The smallest absolute Gasteiger partial charge is 0.225 e. The molecule has 150 valence electrons. The fourth-order valence-corrected chi connectivity index (χ4v) is 4.57. The molecule has 0 spiro atoms. The van der Waals surface area contributed by atoms with E-state index in [2.05, 4.69) is 41.6 Å². The van der Waals surface area contributed by atoms with Crippen molar-refractivity contribution >= 4 is 5.91 Å². The van der Waals surface area contributed by atoms with Crippen molar-refractivity contribution in [3.63, 3.8) is 0 Å². The van der Waals surface area contributed by atoms with Gasteiger partial charge in [-0.2, -0.15) is 0 Å². The Labute approximate surface area is 166 Å². The number of imidazole rings is 1. The zero-order valence-electron chi connectivity index (χ0n) is 17.1. The van der Waals surface area contributed by atoms with Gasteiger partial charge in [-0.15, -0.1) is 0 Å². The second kappa shape index (κ2) is 7.34. The van der Waals surface area contributed by atoms with E-state index in [1.54, 1.807) is 0 Å². The number of carbonyl (C=O) groups is 1. The number of amides is 1. The summed E-state index contributed by atoms with van der Waals surface area (Å²) in [4.78, 5) is 18.7. The standard InChI is InChI=1S/C23H30FN3O/c1-16(2)17(3)22(28)26-12-10-23(24,11-13-26)9-8-20-18-6-4-5-7-19(18)21-14-25-15-27(20)21/h4-7,14-17,20H,8-13H2,1-3H3/t17-,20?/m0/s1. The van der Waals surface area contributed by atoms with Crippen LogP contribution in [0.4, 0.5) is 4.39 Å². The van der Waals surface area contributed by atoms with Crippen LogP contribution in [-0.2, 0) is 4.79 Å². The summed E-state index contributed by atoms with van der Waals surface area (Å²) in [5.74, 6) is 0.489. The first kappa shape index (κ1) is 19.2. The Morgan fingerprint density at radius 2 is 1.96 bits per heavy atom. The van der Waals surface area contributed by atoms with Crippen molar-refractivity contribution in [1.29, 1.82) is 0 Å². The van der Waals surface area contributed by atoms with E-state index in [0.717, 1.165) is 12.1 Å². The molecular weight excluding hydrogens is 353 g/mol. The van der Waals surface area contributed by atoms with Crippen molar-refractivity contribution < 1.29 is 9.18 Å². The van der Waals surface area contributed by atoms with Crippen molar-refractivity contribution in [3.05, 3.63) is 42.4 Å². The highest BCUT2D eigenvalue weighted by molar-refractivity contribution is 5.78. The molecule has 0 saturated carbocycles. The predicted octanol–water partition coefficient (Wildman–Crippen LogP) is 4.86. The number of fused-ring (bicyclic) bond motifs is 3. The Hall–Kier alpha value is -2.17. The van der Waals surface area contributed by atoms with Crippen LogP contribution in [0.5, 0.6) is 0 Å². The highest BCUT2D eigenvalue weighted by Gasteiger charge is 2.38. The van der Waals surface area contributed by atoms with E-state index >= 15 is 4.39 Å². The molecule has 1 aromatic carbocycles. The number of aromatic nitrogens is 2. The minimum absolute atomic E-state index is 0.00163. The summed E-state index contributed by atoms with van der Waals surface area (Å²) >= 11 is 0. The first-order chi connectivity index (χ1) is 13.4. The first-order valence-electron chi connectivity index (χ1n) is 10.5. The van der Waals surface area contributed by atoms with E-state index in [-0.39, 0.29) is 17.9 Å². The molecule has 4 nitrogen and oxygen atoms in total. The molecular formula is C23H30FN3O. The van der Waals surface area contributed by atoms with Crippen LogP contribution in [0.2, 0.25) is 0 Å². The topological polar surface area (TPSA) is 38.1 Å². The van der Waals surface area contributed by atoms with Gasteiger partial charge in [-0.05, 0) is 37.2 Å². The number of likely N-dealkylation sites (tertiary alicyclic amines) is 1. The van der Waals surface area contributed by atoms with Crippen LogP contribution in [0.15, 0.2) is 36.8 Å². The maximum atomic E-state index is 15.5. The van der Waals surface area contributed by atoms with Crippen molar-refractivity contribution in [2.75, 3.05) is 13.1 Å². The molecule has 28 heavy (non-hydrogen) atoms. The van der Waals surface area contributed by atoms with Crippen LogP contribution < -0.4 is 0 Å². The molecule has 5 heteroatoms. The third kappa shape index (κ3) is 3.36. The second-order valence-electron chi connectivity index (χ2n) is 8.84. The van der Waals surface area contributed by atoms with Gasteiger partial charge >= 0.3 is 0 Å². The van der Waals surface area contributed by atoms with Gasteiger partial charge in [0.05, 0.1) is 24.3 Å². The van der Waals surface area contributed by atoms with Crippen LogP contribution in [0.1, 0.15) is 58.1 Å². The summed E-state index contributed by atoms with van der Waals surface area (Å²) in [5, 5.41) is 0. The summed E-state index contributed by atoms with van der Waals surface area (Å²) in [7, 11) is 0. The Kier molecular flexibility index (Phi) is 5.02. The van der Waals surface area contributed by atoms with Gasteiger partial charge in [0.1, 0.15) is 5.67 Å². The van der Waals surface area contributed by atoms with Crippen LogP contribution in [-0.4, -0.2) is 39.1 Å². The van der Waals surface area contributed by atoms with Crippen molar-refractivity contribution in [1.82, 2.24) is 14.5 Å². The molecule has 1 fully saturated rings. The Morgan fingerprint density at radius 3 is 2.68 bits per heavy atom. The molecule has 2 aliphatic rings. The zero-order chi connectivity index (χ0) is 19.9. The lowest BCUT2D eigenvalue weighted by Crippen LogP contribution is -2.47. The molecule has 0 radical (unpaired) electrons. The number of nitrogens with zero attached hydrogens (tertiary/aromatic N) is 3. The largest absolute Gasteiger partial charge is 0.342 e. The molecule has 3 heterocycles. The average molecular weight is 384 g/mol. The summed E-state index contributed by atoms with van der Waals surface area (Å²) in [6.45, 7) is 7.17. The monoisotopic (exact) mass is 383 g/mol. The van der Waals surface area contributed by atoms with Gasteiger partial charge in [0.2, 0.25) is 5.91 Å². The molecule has 0 N–H and O–H groups in total. The van der Waals surface area contributed by atoms with Crippen molar-refractivity contribution in [2.45, 2.75) is 58.2 Å². The van der Waals surface area contributed by atoms with E-state index in [9.17, 15) is 4.79 Å². The average Bonchev–Trinajstić information content (AvgIpc) is 3.27. The summed E-state index contributed by atoms with van der Waals surface area (Å²) in [6, 6.07) is 8.51. The minimum Gasteiger partial charge on any atom is -0.342 e.